The molecular weight excluding hydrogens is 176 g/mol. The lowest BCUT2D eigenvalue weighted by Crippen LogP contribution is -2.50. The second kappa shape index (κ2) is 4.55. The Bertz CT molecular complexity index is 268. The average molecular weight is 192 g/mol. The maximum atomic E-state index is 5.20. The third-order valence-electron chi connectivity index (χ3n) is 2.59. The summed E-state index contributed by atoms with van der Waals surface area (Å²) in [5, 5.41) is 6.78. The maximum absolute atomic E-state index is 5.20. The highest BCUT2D eigenvalue weighted by Gasteiger charge is 2.19. The van der Waals surface area contributed by atoms with Crippen LogP contribution in [0.2, 0.25) is 0 Å². The molecule has 1 aromatic carbocycles. The Morgan fingerprint density at radius 1 is 1.14 bits per heavy atom. The molecule has 1 saturated heterocycles. The summed E-state index contributed by atoms with van der Waals surface area (Å²) in [6, 6.07) is 10.9. The second-order valence-electron chi connectivity index (χ2n) is 3.50. The first-order valence-electron chi connectivity index (χ1n) is 4.94. The lowest BCUT2D eigenvalue weighted by atomic mass is 10.1. The van der Waals surface area contributed by atoms with Gasteiger partial charge in [0.15, 0.2) is 0 Å². The number of nitrogens with one attached hydrogen (secondary N) is 2. The Morgan fingerprint density at radius 3 is 2.50 bits per heavy atom. The van der Waals surface area contributed by atoms with Crippen molar-refractivity contribution in [2.75, 3.05) is 20.2 Å². The van der Waals surface area contributed by atoms with Crippen molar-refractivity contribution < 1.29 is 4.74 Å². The topological polar surface area (TPSA) is 33.3 Å². The predicted molar refractivity (Wildman–Crippen MR) is 56.0 cm³/mol. The molecule has 3 heteroatoms. The molecule has 14 heavy (non-hydrogen) atoms. The second-order valence-corrected chi connectivity index (χ2v) is 3.50. The fourth-order valence-electron chi connectivity index (χ4n) is 1.73. The van der Waals surface area contributed by atoms with Crippen LogP contribution >= 0.6 is 0 Å². The molecule has 1 aliphatic rings. The fourth-order valence-corrected chi connectivity index (χ4v) is 1.73. The smallest absolute Gasteiger partial charge is 0.120 e. The first-order chi connectivity index (χ1) is 6.90. The van der Waals surface area contributed by atoms with Gasteiger partial charge in [0.2, 0.25) is 0 Å². The Hall–Kier alpha value is -0.900. The van der Waals surface area contributed by atoms with E-state index >= 15 is 0 Å². The van der Waals surface area contributed by atoms with Gasteiger partial charge in [-0.1, -0.05) is 30.3 Å². The van der Waals surface area contributed by atoms with Crippen LogP contribution in [0.5, 0.6) is 0 Å². The van der Waals surface area contributed by atoms with Crippen molar-refractivity contribution >= 4 is 0 Å². The standard InChI is InChI=1S/C11H16N2O/c1-14-11-8-12-10(7-13-11)9-5-3-2-4-6-9/h2-6,10-13H,7-8H2,1H3. The molecular formula is C11H16N2O. The van der Waals surface area contributed by atoms with Crippen LogP contribution in [0.3, 0.4) is 0 Å². The molecule has 0 radical (unpaired) electrons. The van der Waals surface area contributed by atoms with Crippen molar-refractivity contribution in [3.63, 3.8) is 0 Å². The molecule has 0 aromatic heterocycles. The minimum absolute atomic E-state index is 0.148. The van der Waals surface area contributed by atoms with Crippen LogP contribution < -0.4 is 10.6 Å². The van der Waals surface area contributed by atoms with Crippen molar-refractivity contribution in [3.05, 3.63) is 35.9 Å². The van der Waals surface area contributed by atoms with E-state index in [1.807, 2.05) is 6.07 Å². The summed E-state index contributed by atoms with van der Waals surface area (Å²) in [5.41, 5.74) is 1.33. The highest BCUT2D eigenvalue weighted by molar-refractivity contribution is 5.19. The summed E-state index contributed by atoms with van der Waals surface area (Å²) in [6.45, 7) is 1.78. The van der Waals surface area contributed by atoms with E-state index in [0.29, 0.717) is 6.04 Å². The largest absolute Gasteiger partial charge is 0.365 e. The number of piperazine rings is 1. The molecule has 0 saturated carbocycles. The normalized spacial score (nSPS) is 27.5. The molecule has 0 spiro atoms. The summed E-state index contributed by atoms with van der Waals surface area (Å²) in [7, 11) is 1.72. The summed E-state index contributed by atoms with van der Waals surface area (Å²) in [4.78, 5) is 0. The SMILES string of the molecule is COC1CNC(c2ccccc2)CN1. The fraction of sp³-hybridized carbons (Fsp3) is 0.455. The van der Waals surface area contributed by atoms with Crippen LogP contribution in [-0.4, -0.2) is 26.4 Å². The third-order valence-corrected chi connectivity index (χ3v) is 2.59. The quantitative estimate of drug-likeness (QED) is 0.730. The van der Waals surface area contributed by atoms with E-state index in [4.69, 9.17) is 4.74 Å². The van der Waals surface area contributed by atoms with Crippen LogP contribution in [0, 0.1) is 0 Å². The number of hydrogen-bond acceptors (Lipinski definition) is 3. The molecule has 0 aliphatic carbocycles. The summed E-state index contributed by atoms with van der Waals surface area (Å²) in [5.74, 6) is 0. The van der Waals surface area contributed by atoms with Gasteiger partial charge < -0.3 is 10.1 Å². The molecule has 2 rings (SSSR count). The maximum Gasteiger partial charge on any atom is 0.120 e. The van der Waals surface area contributed by atoms with Crippen molar-refractivity contribution in [3.8, 4) is 0 Å². The van der Waals surface area contributed by atoms with E-state index in [0.717, 1.165) is 13.1 Å². The van der Waals surface area contributed by atoms with Crippen LogP contribution in [0.1, 0.15) is 11.6 Å². The Balaban J connectivity index is 1.96. The molecule has 0 bridgehead atoms. The number of ether oxygens (including phenoxy) is 1. The molecule has 1 heterocycles. The lowest BCUT2D eigenvalue weighted by Gasteiger charge is -2.30. The van der Waals surface area contributed by atoms with Crippen molar-refractivity contribution in [1.82, 2.24) is 10.6 Å². The summed E-state index contributed by atoms with van der Waals surface area (Å²) < 4.78 is 5.20. The van der Waals surface area contributed by atoms with Gasteiger partial charge in [0.1, 0.15) is 6.23 Å². The van der Waals surface area contributed by atoms with E-state index in [9.17, 15) is 0 Å². The summed E-state index contributed by atoms with van der Waals surface area (Å²) >= 11 is 0. The Kier molecular flexibility index (Phi) is 3.14. The lowest BCUT2D eigenvalue weighted by molar-refractivity contribution is 0.0527. The van der Waals surface area contributed by atoms with E-state index < -0.39 is 0 Å². The first-order valence-corrected chi connectivity index (χ1v) is 4.94. The molecule has 76 valence electrons. The molecule has 1 aliphatic heterocycles. The Labute approximate surface area is 84.5 Å². The molecule has 2 N–H and O–H groups in total. The minimum Gasteiger partial charge on any atom is -0.365 e. The number of methoxy groups -OCH3 is 1. The minimum atomic E-state index is 0.148. The predicted octanol–water partition coefficient (Wildman–Crippen LogP) is 0.893. The molecule has 1 fully saturated rings. The van der Waals surface area contributed by atoms with Gasteiger partial charge in [-0.15, -0.1) is 0 Å². The number of benzene rings is 1. The van der Waals surface area contributed by atoms with Gasteiger partial charge in [0.25, 0.3) is 0 Å². The monoisotopic (exact) mass is 192 g/mol. The third kappa shape index (κ3) is 2.12. The van der Waals surface area contributed by atoms with E-state index in [1.165, 1.54) is 5.56 Å². The Morgan fingerprint density at radius 2 is 1.93 bits per heavy atom. The highest BCUT2D eigenvalue weighted by atomic mass is 16.5. The van der Waals surface area contributed by atoms with Gasteiger partial charge in [-0.25, -0.2) is 0 Å². The van der Waals surface area contributed by atoms with E-state index in [1.54, 1.807) is 7.11 Å². The van der Waals surface area contributed by atoms with Gasteiger partial charge >= 0.3 is 0 Å². The molecule has 2 atom stereocenters. The van der Waals surface area contributed by atoms with Gasteiger partial charge in [-0.2, -0.15) is 0 Å². The van der Waals surface area contributed by atoms with Crippen molar-refractivity contribution in [2.24, 2.45) is 0 Å². The van der Waals surface area contributed by atoms with Crippen LogP contribution in [0.15, 0.2) is 30.3 Å². The first kappa shape index (κ1) is 9.65. The zero-order chi connectivity index (χ0) is 9.80. The molecule has 1 aromatic rings. The van der Waals surface area contributed by atoms with Gasteiger partial charge in [0, 0.05) is 26.2 Å². The van der Waals surface area contributed by atoms with Crippen LogP contribution in [0.4, 0.5) is 0 Å². The van der Waals surface area contributed by atoms with E-state index in [-0.39, 0.29) is 6.23 Å². The van der Waals surface area contributed by atoms with Crippen LogP contribution in [-0.2, 0) is 4.74 Å². The van der Waals surface area contributed by atoms with Gasteiger partial charge in [0.05, 0.1) is 0 Å². The van der Waals surface area contributed by atoms with Gasteiger partial charge in [-0.05, 0) is 5.56 Å². The molecule has 3 nitrogen and oxygen atoms in total. The zero-order valence-corrected chi connectivity index (χ0v) is 8.36. The van der Waals surface area contributed by atoms with Crippen molar-refractivity contribution in [1.29, 1.82) is 0 Å². The number of hydrogen-bond donors (Lipinski definition) is 2. The number of rotatable bonds is 2. The van der Waals surface area contributed by atoms with Gasteiger partial charge in [-0.3, -0.25) is 5.32 Å². The summed E-state index contributed by atoms with van der Waals surface area (Å²) in [6.07, 6.45) is 0.148. The molecule has 2 unspecified atom stereocenters. The van der Waals surface area contributed by atoms with Crippen LogP contribution in [0.25, 0.3) is 0 Å². The van der Waals surface area contributed by atoms with Crippen molar-refractivity contribution in [2.45, 2.75) is 12.3 Å². The average Bonchev–Trinajstić information content (AvgIpc) is 2.30. The molecule has 0 amide bonds. The highest BCUT2D eigenvalue weighted by Crippen LogP contribution is 2.13. The van der Waals surface area contributed by atoms with E-state index in [2.05, 4.69) is 34.9 Å². The zero-order valence-electron chi connectivity index (χ0n) is 8.36.